The molecule has 2 aromatic rings. The molecule has 0 spiro atoms. The Balaban J connectivity index is 1.53. The third-order valence-electron chi connectivity index (χ3n) is 3.91. The molecule has 0 saturated carbocycles. The molecule has 0 fully saturated rings. The van der Waals surface area contributed by atoms with Gasteiger partial charge in [0.25, 0.3) is 0 Å². The van der Waals surface area contributed by atoms with E-state index in [1.165, 1.54) is 11.1 Å². The van der Waals surface area contributed by atoms with Gasteiger partial charge < -0.3 is 20.1 Å². The first kappa shape index (κ1) is 15.6. The predicted octanol–water partition coefficient (Wildman–Crippen LogP) is 3.43. The van der Waals surface area contributed by atoms with Gasteiger partial charge in [0.2, 0.25) is 0 Å². The number of hydrogen-bond donors (Lipinski definition) is 2. The van der Waals surface area contributed by atoms with Crippen LogP contribution in [0.2, 0.25) is 0 Å². The first-order chi connectivity index (χ1) is 11.1. The summed E-state index contributed by atoms with van der Waals surface area (Å²) in [6.07, 6.45) is -0.0664. The molecule has 2 N–H and O–H groups in total. The molecule has 3 rings (SSSR count). The molecule has 2 aromatic carbocycles. The number of nitrogens with one attached hydrogen (secondary N) is 2. The van der Waals surface area contributed by atoms with E-state index in [0.29, 0.717) is 18.3 Å². The van der Waals surface area contributed by atoms with Gasteiger partial charge in [0.15, 0.2) is 16.6 Å². The number of anilines is 1. The largest absolute Gasteiger partial charge is 0.486 e. The van der Waals surface area contributed by atoms with Gasteiger partial charge in [-0.3, -0.25) is 0 Å². The Morgan fingerprint density at radius 2 is 1.91 bits per heavy atom. The van der Waals surface area contributed by atoms with Crippen LogP contribution in [0.3, 0.4) is 0 Å². The van der Waals surface area contributed by atoms with Gasteiger partial charge in [-0.1, -0.05) is 24.3 Å². The fraction of sp³-hybridized carbons (Fsp3) is 0.278. The van der Waals surface area contributed by atoms with Crippen molar-refractivity contribution in [3.8, 4) is 11.5 Å². The van der Waals surface area contributed by atoms with Crippen molar-refractivity contribution in [2.45, 2.75) is 20.0 Å². The number of thiocarbonyl (C=S) groups is 1. The minimum Gasteiger partial charge on any atom is -0.486 e. The van der Waals surface area contributed by atoms with E-state index >= 15 is 0 Å². The normalized spacial score (nSPS) is 15.8. The summed E-state index contributed by atoms with van der Waals surface area (Å²) in [6, 6.07) is 13.8. The van der Waals surface area contributed by atoms with E-state index in [0.717, 1.165) is 17.2 Å². The van der Waals surface area contributed by atoms with Gasteiger partial charge in [-0.15, -0.1) is 0 Å². The Morgan fingerprint density at radius 1 is 1.13 bits per heavy atom. The number of benzene rings is 2. The zero-order chi connectivity index (χ0) is 16.2. The van der Waals surface area contributed by atoms with Crippen molar-refractivity contribution in [1.29, 1.82) is 0 Å². The summed E-state index contributed by atoms with van der Waals surface area (Å²) < 4.78 is 11.6. The minimum absolute atomic E-state index is 0.0664. The van der Waals surface area contributed by atoms with E-state index < -0.39 is 0 Å². The first-order valence-corrected chi connectivity index (χ1v) is 8.04. The standard InChI is InChI=1S/C18H20N2O2S/c1-12-6-5-7-15(13(12)2)20-18(23)19-10-14-11-21-16-8-3-4-9-17(16)22-14/h3-9,14H,10-11H2,1-2H3,(H2,19,20,23)/t14-/m1/s1. The minimum atomic E-state index is -0.0664. The van der Waals surface area contributed by atoms with Crippen molar-refractivity contribution in [2.75, 3.05) is 18.5 Å². The molecule has 1 aliphatic rings. The van der Waals surface area contributed by atoms with Crippen LogP contribution in [0.4, 0.5) is 5.69 Å². The Morgan fingerprint density at radius 3 is 2.74 bits per heavy atom. The van der Waals surface area contributed by atoms with Crippen LogP contribution in [0.5, 0.6) is 11.5 Å². The van der Waals surface area contributed by atoms with Crippen LogP contribution in [0.15, 0.2) is 42.5 Å². The number of hydrogen-bond acceptors (Lipinski definition) is 3. The maximum atomic E-state index is 5.90. The fourth-order valence-corrected chi connectivity index (χ4v) is 2.62. The van der Waals surface area contributed by atoms with E-state index in [9.17, 15) is 0 Å². The molecule has 0 radical (unpaired) electrons. The van der Waals surface area contributed by atoms with Gasteiger partial charge in [-0.05, 0) is 55.4 Å². The van der Waals surface area contributed by atoms with Crippen LogP contribution >= 0.6 is 12.2 Å². The van der Waals surface area contributed by atoms with E-state index in [2.05, 4.69) is 30.5 Å². The van der Waals surface area contributed by atoms with Crippen LogP contribution in [0.25, 0.3) is 0 Å². The molecule has 0 amide bonds. The van der Waals surface area contributed by atoms with Gasteiger partial charge in [0.05, 0.1) is 6.54 Å². The number of ether oxygens (including phenoxy) is 2. The topological polar surface area (TPSA) is 42.5 Å². The predicted molar refractivity (Wildman–Crippen MR) is 96.5 cm³/mol. The first-order valence-electron chi connectivity index (χ1n) is 7.63. The number of rotatable bonds is 3. The molecule has 1 atom stereocenters. The maximum absolute atomic E-state index is 5.90. The third kappa shape index (κ3) is 3.74. The van der Waals surface area contributed by atoms with Gasteiger partial charge >= 0.3 is 0 Å². The molecule has 0 bridgehead atoms. The monoisotopic (exact) mass is 328 g/mol. The summed E-state index contributed by atoms with van der Waals surface area (Å²) in [5.41, 5.74) is 3.45. The van der Waals surface area contributed by atoms with Crippen molar-refractivity contribution >= 4 is 23.0 Å². The summed E-state index contributed by atoms with van der Waals surface area (Å²) >= 11 is 5.37. The summed E-state index contributed by atoms with van der Waals surface area (Å²) in [5.74, 6) is 1.57. The highest BCUT2D eigenvalue weighted by Gasteiger charge is 2.20. The molecule has 4 nitrogen and oxygen atoms in total. The summed E-state index contributed by atoms with van der Waals surface area (Å²) in [5, 5.41) is 7.01. The van der Waals surface area contributed by atoms with Gasteiger partial charge in [0.1, 0.15) is 12.7 Å². The van der Waals surface area contributed by atoms with Crippen LogP contribution < -0.4 is 20.1 Å². The zero-order valence-corrected chi connectivity index (χ0v) is 14.1. The zero-order valence-electron chi connectivity index (χ0n) is 13.3. The molecule has 1 heterocycles. The fourth-order valence-electron chi connectivity index (χ4n) is 2.42. The molecule has 0 saturated heterocycles. The Labute approximate surface area is 141 Å². The summed E-state index contributed by atoms with van der Waals surface area (Å²) in [4.78, 5) is 0. The summed E-state index contributed by atoms with van der Waals surface area (Å²) in [7, 11) is 0. The molecule has 23 heavy (non-hydrogen) atoms. The molecule has 0 aromatic heterocycles. The summed E-state index contributed by atoms with van der Waals surface area (Å²) in [6.45, 7) is 5.26. The lowest BCUT2D eigenvalue weighted by molar-refractivity contribution is 0.0939. The highest BCUT2D eigenvalue weighted by atomic mass is 32.1. The lowest BCUT2D eigenvalue weighted by Crippen LogP contribution is -2.42. The maximum Gasteiger partial charge on any atom is 0.170 e. The average molecular weight is 328 g/mol. The Bertz CT molecular complexity index is 718. The van der Waals surface area contributed by atoms with Crippen molar-refractivity contribution in [1.82, 2.24) is 5.32 Å². The molecular formula is C18H20N2O2S. The van der Waals surface area contributed by atoms with E-state index in [-0.39, 0.29) is 6.10 Å². The second kappa shape index (κ2) is 6.87. The molecule has 0 aliphatic carbocycles. The number of fused-ring (bicyclic) bond motifs is 1. The quantitative estimate of drug-likeness (QED) is 0.845. The van der Waals surface area contributed by atoms with Crippen molar-refractivity contribution < 1.29 is 9.47 Å². The van der Waals surface area contributed by atoms with Crippen LogP contribution in [-0.2, 0) is 0 Å². The number of aryl methyl sites for hydroxylation is 1. The second-order valence-electron chi connectivity index (χ2n) is 5.58. The van der Waals surface area contributed by atoms with Crippen LogP contribution in [0, 0.1) is 13.8 Å². The SMILES string of the molecule is Cc1cccc(NC(=S)NC[C@@H]2COc3ccccc3O2)c1C. The van der Waals surface area contributed by atoms with Gasteiger partial charge in [-0.2, -0.15) is 0 Å². The van der Waals surface area contributed by atoms with Gasteiger partial charge in [0, 0.05) is 5.69 Å². The molecule has 120 valence electrons. The number of para-hydroxylation sites is 2. The van der Waals surface area contributed by atoms with E-state index in [4.69, 9.17) is 21.7 Å². The lowest BCUT2D eigenvalue weighted by Gasteiger charge is -2.27. The Hall–Kier alpha value is -2.27. The highest BCUT2D eigenvalue weighted by Crippen LogP contribution is 2.30. The average Bonchev–Trinajstić information content (AvgIpc) is 2.57. The van der Waals surface area contributed by atoms with Crippen LogP contribution in [-0.4, -0.2) is 24.4 Å². The molecule has 5 heteroatoms. The van der Waals surface area contributed by atoms with Crippen molar-refractivity contribution in [3.63, 3.8) is 0 Å². The Kier molecular flexibility index (Phi) is 4.67. The van der Waals surface area contributed by atoms with Crippen molar-refractivity contribution in [2.24, 2.45) is 0 Å². The van der Waals surface area contributed by atoms with Crippen LogP contribution in [0.1, 0.15) is 11.1 Å². The third-order valence-corrected chi connectivity index (χ3v) is 4.16. The van der Waals surface area contributed by atoms with E-state index in [1.807, 2.05) is 36.4 Å². The second-order valence-corrected chi connectivity index (χ2v) is 5.99. The van der Waals surface area contributed by atoms with Gasteiger partial charge in [-0.25, -0.2) is 0 Å². The highest BCUT2D eigenvalue weighted by molar-refractivity contribution is 7.80. The lowest BCUT2D eigenvalue weighted by atomic mass is 10.1. The molecule has 0 unspecified atom stereocenters. The van der Waals surface area contributed by atoms with E-state index in [1.54, 1.807) is 0 Å². The molecular weight excluding hydrogens is 308 g/mol. The molecule has 1 aliphatic heterocycles. The smallest absolute Gasteiger partial charge is 0.170 e. The van der Waals surface area contributed by atoms with Crippen molar-refractivity contribution in [3.05, 3.63) is 53.6 Å².